The molecule has 128 valence electrons. The van der Waals surface area contributed by atoms with Gasteiger partial charge < -0.3 is 4.90 Å². The maximum Gasteiger partial charge on any atom is 0.274 e. The van der Waals surface area contributed by atoms with E-state index in [2.05, 4.69) is 42.9 Å². The summed E-state index contributed by atoms with van der Waals surface area (Å²) in [7, 11) is 0. The molecule has 6 nitrogen and oxygen atoms in total. The second-order valence-corrected chi connectivity index (χ2v) is 7.24. The van der Waals surface area contributed by atoms with Crippen molar-refractivity contribution in [3.8, 4) is 0 Å². The van der Waals surface area contributed by atoms with Crippen molar-refractivity contribution in [3.63, 3.8) is 0 Å². The molecular weight excluding hydrogens is 382 g/mol. The van der Waals surface area contributed by atoms with Crippen LogP contribution in [-0.2, 0) is 6.54 Å². The molecule has 0 amide bonds. The van der Waals surface area contributed by atoms with Crippen LogP contribution in [-0.4, -0.2) is 35.6 Å². The van der Waals surface area contributed by atoms with Crippen LogP contribution in [0, 0.1) is 0 Å². The molecule has 25 heavy (non-hydrogen) atoms. The predicted octanol–water partition coefficient (Wildman–Crippen LogP) is 0.176. The number of hydrogen-bond donors (Lipinski definition) is 1. The van der Waals surface area contributed by atoms with Gasteiger partial charge >= 0.3 is 0 Å². The van der Waals surface area contributed by atoms with E-state index in [4.69, 9.17) is 0 Å². The molecule has 4 heterocycles. The molecule has 7 heteroatoms. The maximum atomic E-state index is 12.3. The van der Waals surface area contributed by atoms with Crippen LogP contribution in [0.15, 0.2) is 58.1 Å². The number of rotatable bonds is 3. The van der Waals surface area contributed by atoms with Crippen molar-refractivity contribution in [2.24, 2.45) is 0 Å². The fourth-order valence-electron chi connectivity index (χ4n) is 3.29. The van der Waals surface area contributed by atoms with E-state index in [0.717, 1.165) is 48.7 Å². The Morgan fingerprint density at radius 2 is 2.04 bits per heavy atom. The number of H-pyrrole nitrogens is 1. The van der Waals surface area contributed by atoms with E-state index in [1.165, 1.54) is 4.90 Å². The molecule has 4 rings (SSSR count). The van der Waals surface area contributed by atoms with Crippen LogP contribution < -0.4 is 20.3 Å². The normalized spacial score (nSPS) is 15.6. The summed E-state index contributed by atoms with van der Waals surface area (Å²) in [5, 5.41) is 0. The lowest BCUT2D eigenvalue weighted by Gasteiger charge is -2.28. The van der Waals surface area contributed by atoms with Crippen molar-refractivity contribution in [1.82, 2.24) is 9.38 Å². The molecule has 3 aromatic rings. The first kappa shape index (κ1) is 16.2. The van der Waals surface area contributed by atoms with Crippen molar-refractivity contribution in [2.75, 3.05) is 31.1 Å². The number of quaternary nitrogens is 1. The fraction of sp³-hybridized carbons (Fsp3) is 0.278. The lowest BCUT2D eigenvalue weighted by atomic mass is 10.2. The van der Waals surface area contributed by atoms with Gasteiger partial charge in [-0.1, -0.05) is 6.07 Å². The highest BCUT2D eigenvalue weighted by Crippen LogP contribution is 2.09. The minimum Gasteiger partial charge on any atom is -0.323 e. The first-order chi connectivity index (χ1) is 12.2. The molecule has 0 bridgehead atoms. The molecule has 0 unspecified atom stereocenters. The second-order valence-electron chi connectivity index (χ2n) is 6.32. The average Bonchev–Trinajstić information content (AvgIpc) is 2.64. The Morgan fingerprint density at radius 1 is 1.20 bits per heavy atom. The van der Waals surface area contributed by atoms with Gasteiger partial charge in [-0.25, -0.2) is 9.97 Å². The van der Waals surface area contributed by atoms with Crippen LogP contribution in [0.1, 0.15) is 5.69 Å². The first-order valence-electron chi connectivity index (χ1n) is 8.42. The third kappa shape index (κ3) is 3.57. The molecule has 3 aromatic heterocycles. The third-order valence-corrected chi connectivity index (χ3v) is 5.08. The number of halogens is 1. The lowest BCUT2D eigenvalue weighted by molar-refractivity contribution is -0.914. The summed E-state index contributed by atoms with van der Waals surface area (Å²) in [6.07, 6.45) is 3.72. The summed E-state index contributed by atoms with van der Waals surface area (Å²) in [6.45, 7) is 4.84. The van der Waals surface area contributed by atoms with E-state index >= 15 is 0 Å². The molecule has 1 aliphatic heterocycles. The Labute approximate surface area is 153 Å². The Kier molecular flexibility index (Phi) is 4.50. The third-order valence-electron chi connectivity index (χ3n) is 4.61. The number of fused-ring (bicyclic) bond motifs is 1. The van der Waals surface area contributed by atoms with Crippen molar-refractivity contribution in [1.29, 1.82) is 0 Å². The van der Waals surface area contributed by atoms with Gasteiger partial charge in [0.1, 0.15) is 44.1 Å². The minimum absolute atomic E-state index is 0.0294. The average molecular weight is 402 g/mol. The number of piperazine rings is 1. The van der Waals surface area contributed by atoms with E-state index in [-0.39, 0.29) is 5.56 Å². The largest absolute Gasteiger partial charge is 0.323 e. The van der Waals surface area contributed by atoms with Crippen molar-refractivity contribution in [3.05, 3.63) is 69.3 Å². The highest BCUT2D eigenvalue weighted by molar-refractivity contribution is 9.10. The van der Waals surface area contributed by atoms with E-state index in [9.17, 15) is 4.79 Å². The highest BCUT2D eigenvalue weighted by atomic mass is 79.9. The number of pyridine rings is 2. The smallest absolute Gasteiger partial charge is 0.274 e. The van der Waals surface area contributed by atoms with Gasteiger partial charge in [0.15, 0.2) is 0 Å². The highest BCUT2D eigenvalue weighted by Gasteiger charge is 2.26. The van der Waals surface area contributed by atoms with Gasteiger partial charge in [-0.15, -0.1) is 0 Å². The van der Waals surface area contributed by atoms with Crippen LogP contribution >= 0.6 is 15.9 Å². The van der Waals surface area contributed by atoms with Gasteiger partial charge in [-0.2, -0.15) is 0 Å². The summed E-state index contributed by atoms with van der Waals surface area (Å²) >= 11 is 3.39. The topological polar surface area (TPSA) is 56.2 Å². The number of hydrogen-bond acceptors (Lipinski definition) is 3. The van der Waals surface area contributed by atoms with Gasteiger partial charge in [0.2, 0.25) is 0 Å². The van der Waals surface area contributed by atoms with Crippen LogP contribution in [0.4, 0.5) is 5.82 Å². The standard InChI is InChI=1S/C18H18BrN5O/c19-14-4-5-17-21-15(11-18(25)24(17)12-14)13-22-7-9-23(10-8-22)16-3-1-2-6-20-16/h1-6,11-12H,7-10,13H2/p+2. The van der Waals surface area contributed by atoms with Crippen LogP contribution in [0.3, 0.4) is 0 Å². The molecule has 1 saturated heterocycles. The Balaban J connectivity index is 1.46. The predicted molar refractivity (Wildman–Crippen MR) is 98.8 cm³/mol. The Morgan fingerprint density at radius 3 is 2.80 bits per heavy atom. The number of aromatic nitrogens is 3. The van der Waals surface area contributed by atoms with E-state index < -0.39 is 0 Å². The first-order valence-corrected chi connectivity index (χ1v) is 9.21. The van der Waals surface area contributed by atoms with Gasteiger partial charge in [-0.3, -0.25) is 14.1 Å². The number of nitrogens with zero attached hydrogens (tertiary/aromatic N) is 3. The van der Waals surface area contributed by atoms with E-state index in [1.54, 1.807) is 16.7 Å². The zero-order chi connectivity index (χ0) is 17.2. The monoisotopic (exact) mass is 401 g/mol. The molecule has 0 radical (unpaired) electrons. The minimum atomic E-state index is -0.0294. The molecule has 0 aromatic carbocycles. The van der Waals surface area contributed by atoms with Crippen LogP contribution in [0.2, 0.25) is 0 Å². The molecule has 2 N–H and O–H groups in total. The summed E-state index contributed by atoms with van der Waals surface area (Å²) < 4.78 is 2.45. The number of anilines is 1. The quantitative estimate of drug-likeness (QED) is 0.680. The van der Waals surface area contributed by atoms with Crippen molar-refractivity contribution < 1.29 is 9.88 Å². The summed E-state index contributed by atoms with van der Waals surface area (Å²) in [5.41, 5.74) is 1.53. The summed E-state index contributed by atoms with van der Waals surface area (Å²) in [5.74, 6) is 1.16. The van der Waals surface area contributed by atoms with Crippen LogP contribution in [0.5, 0.6) is 0 Å². The summed E-state index contributed by atoms with van der Waals surface area (Å²) in [4.78, 5) is 24.1. The Bertz CT molecular complexity index is 935. The number of nitrogens with one attached hydrogen (secondary N) is 2. The van der Waals surface area contributed by atoms with Crippen molar-refractivity contribution in [2.45, 2.75) is 6.54 Å². The van der Waals surface area contributed by atoms with Gasteiger partial charge in [0.05, 0.1) is 6.20 Å². The molecule has 1 fully saturated rings. The second kappa shape index (κ2) is 6.93. The molecular formula is C18H20BrN5O+2. The SMILES string of the molecule is O=c1cc(C[NH+]2CCN(c3cccc[nH+]3)CC2)nc2ccc(Br)cn12. The fourth-order valence-corrected chi connectivity index (χ4v) is 3.63. The zero-order valence-corrected chi connectivity index (χ0v) is 15.4. The van der Waals surface area contributed by atoms with Crippen molar-refractivity contribution >= 4 is 27.4 Å². The molecule has 0 atom stereocenters. The molecule has 1 aliphatic rings. The van der Waals surface area contributed by atoms with E-state index in [1.807, 2.05) is 24.4 Å². The lowest BCUT2D eigenvalue weighted by Crippen LogP contribution is -3.13. The molecule has 0 saturated carbocycles. The van der Waals surface area contributed by atoms with Crippen LogP contribution in [0.25, 0.3) is 5.65 Å². The number of aromatic amines is 1. The maximum absolute atomic E-state index is 12.3. The van der Waals surface area contributed by atoms with E-state index in [0.29, 0.717) is 5.65 Å². The van der Waals surface area contributed by atoms with Gasteiger partial charge in [-0.05, 0) is 34.1 Å². The van der Waals surface area contributed by atoms with Gasteiger partial charge in [0, 0.05) is 22.8 Å². The molecule has 0 spiro atoms. The zero-order valence-electron chi connectivity index (χ0n) is 13.8. The van der Waals surface area contributed by atoms with Gasteiger partial charge in [0.25, 0.3) is 11.4 Å². The Hall–Kier alpha value is -2.25. The summed E-state index contributed by atoms with van der Waals surface area (Å²) in [6, 6.07) is 11.6. The molecule has 0 aliphatic carbocycles.